The van der Waals surface area contributed by atoms with Crippen LogP contribution in [0.15, 0.2) is 60.7 Å². The van der Waals surface area contributed by atoms with Crippen LogP contribution in [-0.2, 0) is 4.74 Å². The van der Waals surface area contributed by atoms with Gasteiger partial charge in [-0.15, -0.1) is 0 Å². The molecule has 1 nitrogen and oxygen atoms in total. The summed E-state index contributed by atoms with van der Waals surface area (Å²) in [6.45, 7) is 0. The maximum Gasteiger partial charge on any atom is 0.123 e. The fraction of sp³-hybridized carbons (Fsp3) is 0.100. The minimum atomic E-state index is 0.911. The number of hydrogen-bond acceptors (Lipinski definition) is 1. The summed E-state index contributed by atoms with van der Waals surface area (Å²) < 4.78 is 5.52. The molecule has 0 amide bonds. The molecule has 2 aromatic carbocycles. The van der Waals surface area contributed by atoms with Crippen molar-refractivity contribution >= 4 is 23.0 Å². The minimum absolute atomic E-state index is 0.911. The number of allylic oxidation sites excluding steroid dienone is 4. The lowest BCUT2D eigenvalue weighted by molar-refractivity contribution is 0.368. The zero-order chi connectivity index (χ0) is 14.2. The topological polar surface area (TPSA) is 9.23 Å². The Kier molecular flexibility index (Phi) is 2.78. The molecule has 21 heavy (non-hydrogen) atoms. The molecule has 0 spiro atoms. The summed E-state index contributed by atoms with van der Waals surface area (Å²) in [5.74, 6) is 0.977. The molecule has 0 saturated heterocycles. The van der Waals surface area contributed by atoms with Gasteiger partial charge in [0.1, 0.15) is 5.76 Å². The molecule has 0 aromatic heterocycles. The second-order valence-electron chi connectivity index (χ2n) is 5.34. The first-order valence-electron chi connectivity index (χ1n) is 7.23. The molecule has 0 unspecified atom stereocenters. The zero-order valence-electron chi connectivity index (χ0n) is 12.0. The van der Waals surface area contributed by atoms with Crippen LogP contribution >= 0.6 is 0 Å². The molecule has 2 aromatic rings. The first-order chi connectivity index (χ1) is 10.4. The maximum atomic E-state index is 5.52. The van der Waals surface area contributed by atoms with E-state index in [0.717, 1.165) is 12.2 Å². The van der Waals surface area contributed by atoms with Gasteiger partial charge in [0.25, 0.3) is 0 Å². The average molecular weight is 272 g/mol. The van der Waals surface area contributed by atoms with E-state index in [1.807, 2.05) is 0 Å². The van der Waals surface area contributed by atoms with E-state index in [1.165, 1.54) is 33.4 Å². The molecule has 2 aliphatic rings. The number of benzene rings is 2. The molecule has 0 atom stereocenters. The average Bonchev–Trinajstić information content (AvgIpc) is 2.98. The third kappa shape index (κ3) is 1.85. The highest BCUT2D eigenvalue weighted by molar-refractivity contribution is 6.05. The number of ether oxygens (including phenoxy) is 1. The summed E-state index contributed by atoms with van der Waals surface area (Å²) in [7, 11) is 1.74. The smallest absolute Gasteiger partial charge is 0.123 e. The first kappa shape index (κ1) is 12.2. The monoisotopic (exact) mass is 272 g/mol. The van der Waals surface area contributed by atoms with Crippen molar-refractivity contribution in [2.45, 2.75) is 6.42 Å². The summed E-state index contributed by atoms with van der Waals surface area (Å²) in [6.07, 6.45) is 7.53. The highest BCUT2D eigenvalue weighted by Gasteiger charge is 2.21. The molecule has 0 saturated carbocycles. The summed E-state index contributed by atoms with van der Waals surface area (Å²) in [5, 5.41) is 0. The van der Waals surface area contributed by atoms with Gasteiger partial charge in [0.05, 0.1) is 7.11 Å². The molecule has 4 rings (SSSR count). The Balaban J connectivity index is 1.95. The van der Waals surface area contributed by atoms with E-state index in [1.54, 1.807) is 7.11 Å². The fourth-order valence-electron chi connectivity index (χ4n) is 3.24. The number of hydrogen-bond donors (Lipinski definition) is 0. The minimum Gasteiger partial charge on any atom is -0.496 e. The van der Waals surface area contributed by atoms with E-state index in [2.05, 4.69) is 66.8 Å². The van der Waals surface area contributed by atoms with Gasteiger partial charge in [0.15, 0.2) is 0 Å². The second-order valence-corrected chi connectivity index (χ2v) is 5.34. The van der Waals surface area contributed by atoms with Crippen molar-refractivity contribution in [2.24, 2.45) is 0 Å². The van der Waals surface area contributed by atoms with Gasteiger partial charge in [-0.05, 0) is 40.3 Å². The third-order valence-corrected chi connectivity index (χ3v) is 4.23. The van der Waals surface area contributed by atoms with Gasteiger partial charge in [0.2, 0.25) is 0 Å². The summed E-state index contributed by atoms with van der Waals surface area (Å²) >= 11 is 0. The lowest BCUT2D eigenvalue weighted by Gasteiger charge is -2.21. The van der Waals surface area contributed by atoms with Crippen molar-refractivity contribution in [3.05, 3.63) is 82.9 Å². The predicted octanol–water partition coefficient (Wildman–Crippen LogP) is 5.02. The van der Waals surface area contributed by atoms with E-state index in [0.29, 0.717) is 0 Å². The Morgan fingerprint density at radius 1 is 0.810 bits per heavy atom. The Labute approximate surface area is 124 Å². The lowest BCUT2D eigenvalue weighted by atomic mass is 9.86. The Bertz CT molecular complexity index is 806. The van der Waals surface area contributed by atoms with E-state index in [-0.39, 0.29) is 0 Å². The number of rotatable bonds is 1. The Morgan fingerprint density at radius 3 is 2.33 bits per heavy atom. The van der Waals surface area contributed by atoms with Crippen LogP contribution in [0.25, 0.3) is 23.0 Å². The van der Waals surface area contributed by atoms with Crippen LogP contribution < -0.4 is 0 Å². The van der Waals surface area contributed by atoms with E-state index in [4.69, 9.17) is 4.74 Å². The number of fused-ring (bicyclic) bond motifs is 2. The molecule has 0 N–H and O–H groups in total. The van der Waals surface area contributed by atoms with Crippen molar-refractivity contribution in [1.29, 1.82) is 0 Å². The van der Waals surface area contributed by atoms with Crippen LogP contribution in [0.3, 0.4) is 0 Å². The second kappa shape index (κ2) is 4.78. The first-order valence-corrected chi connectivity index (χ1v) is 7.23. The quantitative estimate of drug-likeness (QED) is 0.708. The van der Waals surface area contributed by atoms with Crippen molar-refractivity contribution in [3.63, 3.8) is 0 Å². The van der Waals surface area contributed by atoms with Crippen LogP contribution in [0.5, 0.6) is 0 Å². The van der Waals surface area contributed by atoms with Crippen LogP contribution in [0.1, 0.15) is 28.7 Å². The highest BCUT2D eigenvalue weighted by Crippen LogP contribution is 2.41. The number of methoxy groups -OCH3 is 1. The molecule has 2 aliphatic carbocycles. The van der Waals surface area contributed by atoms with Gasteiger partial charge in [-0.2, -0.15) is 0 Å². The highest BCUT2D eigenvalue weighted by atomic mass is 16.5. The van der Waals surface area contributed by atoms with Gasteiger partial charge < -0.3 is 4.74 Å². The third-order valence-electron chi connectivity index (χ3n) is 4.23. The molecule has 0 bridgehead atoms. The van der Waals surface area contributed by atoms with Crippen LogP contribution in [0.2, 0.25) is 0 Å². The van der Waals surface area contributed by atoms with Crippen molar-refractivity contribution in [3.8, 4) is 0 Å². The summed E-state index contributed by atoms with van der Waals surface area (Å²) in [4.78, 5) is 0. The molecule has 0 fully saturated rings. The van der Waals surface area contributed by atoms with Gasteiger partial charge in [-0.3, -0.25) is 0 Å². The van der Waals surface area contributed by atoms with Crippen LogP contribution in [-0.4, -0.2) is 7.11 Å². The lowest BCUT2D eigenvalue weighted by Crippen LogP contribution is -2.02. The van der Waals surface area contributed by atoms with Gasteiger partial charge in [0, 0.05) is 5.56 Å². The molecule has 1 heteroatoms. The van der Waals surface area contributed by atoms with E-state index < -0.39 is 0 Å². The SMILES string of the molecule is COC1=CCC(=C2C=Cc3ccccc32)c2ccccc21. The molecular weight excluding hydrogens is 256 g/mol. The fourth-order valence-corrected chi connectivity index (χ4v) is 3.24. The van der Waals surface area contributed by atoms with Crippen LogP contribution in [0, 0.1) is 0 Å². The molecule has 0 aliphatic heterocycles. The van der Waals surface area contributed by atoms with E-state index >= 15 is 0 Å². The molecule has 102 valence electrons. The molecule has 0 radical (unpaired) electrons. The van der Waals surface area contributed by atoms with Gasteiger partial charge in [-0.25, -0.2) is 0 Å². The molecule has 0 heterocycles. The van der Waals surface area contributed by atoms with Crippen molar-refractivity contribution < 1.29 is 4.74 Å². The normalized spacial score (nSPS) is 19.0. The molecular formula is C20H16O. The van der Waals surface area contributed by atoms with Gasteiger partial charge in [-0.1, -0.05) is 60.7 Å². The standard InChI is InChI=1S/C20H16O/c1-21-20-13-12-18(16-8-4-5-9-19(16)20)17-11-10-14-6-2-3-7-15(14)17/h2-11,13H,12H2,1H3. The zero-order valence-corrected chi connectivity index (χ0v) is 12.0. The predicted molar refractivity (Wildman–Crippen MR) is 88.3 cm³/mol. The van der Waals surface area contributed by atoms with Gasteiger partial charge >= 0.3 is 0 Å². The van der Waals surface area contributed by atoms with E-state index in [9.17, 15) is 0 Å². The summed E-state index contributed by atoms with van der Waals surface area (Å²) in [6, 6.07) is 17.1. The summed E-state index contributed by atoms with van der Waals surface area (Å²) in [5.41, 5.74) is 7.83. The van der Waals surface area contributed by atoms with Crippen LogP contribution in [0.4, 0.5) is 0 Å². The van der Waals surface area contributed by atoms with Crippen molar-refractivity contribution in [1.82, 2.24) is 0 Å². The maximum absolute atomic E-state index is 5.52. The Morgan fingerprint density at radius 2 is 1.52 bits per heavy atom. The Hall–Kier alpha value is -2.54. The van der Waals surface area contributed by atoms with Crippen molar-refractivity contribution in [2.75, 3.05) is 7.11 Å². The largest absolute Gasteiger partial charge is 0.496 e.